The summed E-state index contributed by atoms with van der Waals surface area (Å²) in [7, 11) is 0. The van der Waals surface area contributed by atoms with Crippen molar-refractivity contribution >= 4 is 39.4 Å². The summed E-state index contributed by atoms with van der Waals surface area (Å²) in [5.41, 5.74) is 1.06. The van der Waals surface area contributed by atoms with E-state index in [9.17, 15) is 14.7 Å². The highest BCUT2D eigenvalue weighted by Crippen LogP contribution is 2.17. The normalized spacial score (nSPS) is 11.7. The van der Waals surface area contributed by atoms with Crippen LogP contribution in [0.1, 0.15) is 15.9 Å². The molecule has 0 bridgehead atoms. The number of nitrogens with one attached hydrogen (secondary N) is 1. The number of rotatable bonds is 5. The number of carboxylic acid groups (broad SMARTS) is 1. The van der Waals surface area contributed by atoms with E-state index in [-0.39, 0.29) is 6.42 Å². The van der Waals surface area contributed by atoms with E-state index in [2.05, 4.69) is 21.2 Å². The molecule has 0 aliphatic heterocycles. The Morgan fingerprint density at radius 1 is 1.18 bits per heavy atom. The van der Waals surface area contributed by atoms with Crippen molar-refractivity contribution in [1.29, 1.82) is 0 Å². The molecule has 0 aliphatic rings. The third kappa shape index (κ3) is 4.32. The Hall–Kier alpha value is -1.85. The summed E-state index contributed by atoms with van der Waals surface area (Å²) in [5, 5.41) is 12.3. The van der Waals surface area contributed by atoms with Gasteiger partial charge in [-0.05, 0) is 29.8 Å². The Morgan fingerprint density at radius 3 is 2.55 bits per heavy atom. The van der Waals surface area contributed by atoms with Gasteiger partial charge in [-0.2, -0.15) is 0 Å². The average molecular weight is 383 g/mol. The molecule has 0 unspecified atom stereocenters. The van der Waals surface area contributed by atoms with E-state index in [1.807, 2.05) is 0 Å². The summed E-state index contributed by atoms with van der Waals surface area (Å²) in [6.45, 7) is 0. The Bertz CT molecular complexity index is 705. The highest BCUT2D eigenvalue weighted by atomic mass is 79.9. The van der Waals surface area contributed by atoms with Crippen molar-refractivity contribution in [3.05, 3.63) is 69.2 Å². The molecule has 2 rings (SSSR count). The molecular formula is C16H13BrClNO3. The van der Waals surface area contributed by atoms with Gasteiger partial charge < -0.3 is 10.4 Å². The van der Waals surface area contributed by atoms with Gasteiger partial charge in [-0.3, -0.25) is 4.79 Å². The lowest BCUT2D eigenvalue weighted by Crippen LogP contribution is -2.42. The van der Waals surface area contributed by atoms with Crippen LogP contribution in [0.25, 0.3) is 0 Å². The van der Waals surface area contributed by atoms with Crippen molar-refractivity contribution in [2.45, 2.75) is 12.5 Å². The number of benzene rings is 2. The van der Waals surface area contributed by atoms with Gasteiger partial charge in [0.2, 0.25) is 0 Å². The number of halogens is 2. The topological polar surface area (TPSA) is 66.4 Å². The number of aliphatic carboxylic acids is 1. The molecule has 6 heteroatoms. The summed E-state index contributed by atoms with van der Waals surface area (Å²) < 4.78 is 0.748. The van der Waals surface area contributed by atoms with Gasteiger partial charge in [-0.15, -0.1) is 0 Å². The molecule has 114 valence electrons. The highest BCUT2D eigenvalue weighted by Gasteiger charge is 2.22. The molecule has 0 saturated carbocycles. The monoisotopic (exact) mass is 381 g/mol. The lowest BCUT2D eigenvalue weighted by molar-refractivity contribution is -0.139. The quantitative estimate of drug-likeness (QED) is 0.831. The maximum atomic E-state index is 12.2. The molecule has 2 N–H and O–H groups in total. The van der Waals surface area contributed by atoms with E-state index in [4.69, 9.17) is 11.6 Å². The summed E-state index contributed by atoms with van der Waals surface area (Å²) in [6, 6.07) is 12.7. The first kappa shape index (κ1) is 16.5. The average Bonchev–Trinajstić information content (AvgIpc) is 2.48. The standard InChI is InChI=1S/C16H13BrClNO3/c17-12-6-3-5-11(8-12)15(20)19-14(16(21)22)9-10-4-1-2-7-13(10)18/h1-8,14H,9H2,(H,19,20)(H,21,22)/t14-/m1/s1. The molecule has 0 aromatic heterocycles. The minimum Gasteiger partial charge on any atom is -0.480 e. The summed E-state index contributed by atoms with van der Waals surface area (Å²) in [4.78, 5) is 23.5. The fourth-order valence-electron chi connectivity index (χ4n) is 1.96. The van der Waals surface area contributed by atoms with Gasteiger partial charge in [0.15, 0.2) is 0 Å². The molecule has 22 heavy (non-hydrogen) atoms. The fourth-order valence-corrected chi connectivity index (χ4v) is 2.57. The van der Waals surface area contributed by atoms with Crippen LogP contribution >= 0.6 is 27.5 Å². The van der Waals surface area contributed by atoms with Crippen molar-refractivity contribution in [1.82, 2.24) is 5.32 Å². The zero-order valence-corrected chi connectivity index (χ0v) is 13.8. The van der Waals surface area contributed by atoms with Crippen molar-refractivity contribution in [2.24, 2.45) is 0 Å². The van der Waals surface area contributed by atoms with Crippen LogP contribution in [-0.2, 0) is 11.2 Å². The minimum atomic E-state index is -1.11. The van der Waals surface area contributed by atoms with Gasteiger partial charge in [0, 0.05) is 21.5 Å². The second kappa shape index (κ2) is 7.42. The molecule has 0 saturated heterocycles. The second-order valence-electron chi connectivity index (χ2n) is 4.67. The maximum Gasteiger partial charge on any atom is 0.326 e. The Kier molecular flexibility index (Phi) is 5.57. The first-order valence-electron chi connectivity index (χ1n) is 6.50. The molecule has 0 fully saturated rings. The number of carboxylic acids is 1. The van der Waals surface area contributed by atoms with Gasteiger partial charge in [-0.1, -0.05) is 51.8 Å². The van der Waals surface area contributed by atoms with Gasteiger partial charge in [0.25, 0.3) is 5.91 Å². The summed E-state index contributed by atoms with van der Waals surface area (Å²) in [6.07, 6.45) is 0.120. The molecule has 2 aromatic rings. The molecule has 1 amide bonds. The van der Waals surface area contributed by atoms with Crippen molar-refractivity contribution in [2.75, 3.05) is 0 Å². The van der Waals surface area contributed by atoms with Crippen LogP contribution in [0.4, 0.5) is 0 Å². The molecule has 0 spiro atoms. The number of carbonyl (C=O) groups excluding carboxylic acids is 1. The molecular weight excluding hydrogens is 370 g/mol. The molecule has 2 aromatic carbocycles. The Labute approximate surface area is 141 Å². The van der Waals surface area contributed by atoms with Crippen LogP contribution in [0, 0.1) is 0 Å². The van der Waals surface area contributed by atoms with Gasteiger partial charge in [0.05, 0.1) is 0 Å². The van der Waals surface area contributed by atoms with Crippen molar-refractivity contribution in [3.8, 4) is 0 Å². The molecule has 1 atom stereocenters. The number of carbonyl (C=O) groups is 2. The van der Waals surface area contributed by atoms with Crippen LogP contribution in [0.15, 0.2) is 53.0 Å². The van der Waals surface area contributed by atoms with Gasteiger partial charge in [-0.25, -0.2) is 4.79 Å². The van der Waals surface area contributed by atoms with Crippen molar-refractivity contribution < 1.29 is 14.7 Å². The SMILES string of the molecule is O=C(N[C@H](Cc1ccccc1Cl)C(=O)O)c1cccc(Br)c1. The van der Waals surface area contributed by atoms with E-state index in [0.29, 0.717) is 16.1 Å². The lowest BCUT2D eigenvalue weighted by atomic mass is 10.1. The molecule has 4 nitrogen and oxygen atoms in total. The largest absolute Gasteiger partial charge is 0.480 e. The van der Waals surface area contributed by atoms with Crippen molar-refractivity contribution in [3.63, 3.8) is 0 Å². The predicted molar refractivity (Wildman–Crippen MR) is 88.2 cm³/mol. The van der Waals surface area contributed by atoms with E-state index in [1.165, 1.54) is 0 Å². The number of hydrogen-bond acceptors (Lipinski definition) is 2. The summed E-state index contributed by atoms with van der Waals surface area (Å²) >= 11 is 9.31. The summed E-state index contributed by atoms with van der Waals surface area (Å²) in [5.74, 6) is -1.55. The molecule has 0 radical (unpaired) electrons. The lowest BCUT2D eigenvalue weighted by Gasteiger charge is -2.15. The first-order valence-corrected chi connectivity index (χ1v) is 7.67. The van der Waals surface area contributed by atoms with Gasteiger partial charge >= 0.3 is 5.97 Å². The van der Waals surface area contributed by atoms with Crippen LogP contribution in [0.2, 0.25) is 5.02 Å². The predicted octanol–water partition coefficient (Wildman–Crippen LogP) is 3.53. The maximum absolute atomic E-state index is 12.2. The Balaban J connectivity index is 2.14. The fraction of sp³-hybridized carbons (Fsp3) is 0.125. The minimum absolute atomic E-state index is 0.120. The van der Waals surface area contributed by atoms with Gasteiger partial charge in [0.1, 0.15) is 6.04 Å². The Morgan fingerprint density at radius 2 is 1.91 bits per heavy atom. The van der Waals surface area contributed by atoms with Crippen LogP contribution in [0.5, 0.6) is 0 Å². The number of amides is 1. The third-order valence-electron chi connectivity index (χ3n) is 3.07. The first-order chi connectivity index (χ1) is 10.5. The number of hydrogen-bond donors (Lipinski definition) is 2. The smallest absolute Gasteiger partial charge is 0.326 e. The van der Waals surface area contributed by atoms with Crippen LogP contribution in [-0.4, -0.2) is 23.0 Å². The highest BCUT2D eigenvalue weighted by molar-refractivity contribution is 9.10. The van der Waals surface area contributed by atoms with E-state index in [1.54, 1.807) is 48.5 Å². The van der Waals surface area contributed by atoms with Crippen LogP contribution in [0.3, 0.4) is 0 Å². The van der Waals surface area contributed by atoms with E-state index >= 15 is 0 Å². The molecule has 0 heterocycles. The second-order valence-corrected chi connectivity index (χ2v) is 5.99. The zero-order valence-electron chi connectivity index (χ0n) is 11.4. The van der Waals surface area contributed by atoms with E-state index in [0.717, 1.165) is 4.47 Å². The van der Waals surface area contributed by atoms with E-state index < -0.39 is 17.9 Å². The molecule has 0 aliphatic carbocycles. The van der Waals surface area contributed by atoms with Crippen LogP contribution < -0.4 is 5.32 Å². The third-order valence-corrected chi connectivity index (χ3v) is 3.93. The zero-order chi connectivity index (χ0) is 16.1.